The lowest BCUT2D eigenvalue weighted by Crippen LogP contribution is -2.41. The fourth-order valence-electron chi connectivity index (χ4n) is 3.42. The molecule has 0 aromatic heterocycles. The zero-order valence-corrected chi connectivity index (χ0v) is 21.8. The highest BCUT2D eigenvalue weighted by Gasteiger charge is 2.28. The van der Waals surface area contributed by atoms with E-state index in [1.54, 1.807) is 60.7 Å². The molecular weight excluding hydrogens is 478 g/mol. The van der Waals surface area contributed by atoms with Crippen molar-refractivity contribution in [3.63, 3.8) is 0 Å². The number of hydrogen-bond donors (Lipinski definition) is 2. The summed E-state index contributed by atoms with van der Waals surface area (Å²) in [5, 5.41) is 5.57. The summed E-state index contributed by atoms with van der Waals surface area (Å²) in [6.07, 6.45) is 0. The molecule has 0 saturated carbocycles. The average Bonchev–Trinajstić information content (AvgIpc) is 2.82. The van der Waals surface area contributed by atoms with Crippen molar-refractivity contribution in [3.8, 4) is 5.75 Å². The lowest BCUT2D eigenvalue weighted by Gasteiger charge is -2.25. The SMILES string of the molecule is COc1ccc(S(=O)(=O)N(CC(=O)Nc2ccccc2C(=O)NC(C)(C)C)c2ccc(C)cc2)cc1. The summed E-state index contributed by atoms with van der Waals surface area (Å²) in [5.74, 6) is -0.429. The molecule has 0 aliphatic carbocycles. The molecule has 0 unspecified atom stereocenters. The first kappa shape index (κ1) is 26.7. The van der Waals surface area contributed by atoms with Gasteiger partial charge in [-0.15, -0.1) is 0 Å². The molecule has 2 amide bonds. The van der Waals surface area contributed by atoms with Gasteiger partial charge >= 0.3 is 0 Å². The number of aryl methyl sites for hydroxylation is 1. The van der Waals surface area contributed by atoms with Crippen LogP contribution in [0.3, 0.4) is 0 Å². The average molecular weight is 510 g/mol. The Kier molecular flexibility index (Phi) is 8.04. The molecule has 2 N–H and O–H groups in total. The molecule has 0 radical (unpaired) electrons. The Bertz CT molecular complexity index is 1330. The number of carbonyl (C=O) groups is 2. The van der Waals surface area contributed by atoms with Gasteiger partial charge in [0.25, 0.3) is 15.9 Å². The van der Waals surface area contributed by atoms with Crippen molar-refractivity contribution in [2.24, 2.45) is 0 Å². The van der Waals surface area contributed by atoms with Gasteiger partial charge in [-0.2, -0.15) is 0 Å². The minimum Gasteiger partial charge on any atom is -0.497 e. The number of rotatable bonds is 8. The maximum Gasteiger partial charge on any atom is 0.264 e. The lowest BCUT2D eigenvalue weighted by atomic mass is 10.1. The molecule has 0 aliphatic heterocycles. The van der Waals surface area contributed by atoms with Crippen LogP contribution in [0.2, 0.25) is 0 Å². The number of ether oxygens (including phenoxy) is 1. The van der Waals surface area contributed by atoms with E-state index in [2.05, 4.69) is 10.6 Å². The molecule has 0 atom stereocenters. The van der Waals surface area contributed by atoms with E-state index in [1.807, 2.05) is 27.7 Å². The summed E-state index contributed by atoms with van der Waals surface area (Å²) in [4.78, 5) is 25.9. The number of nitrogens with one attached hydrogen (secondary N) is 2. The predicted molar refractivity (Wildman–Crippen MR) is 141 cm³/mol. The maximum atomic E-state index is 13.6. The van der Waals surface area contributed by atoms with E-state index < -0.39 is 28.0 Å². The van der Waals surface area contributed by atoms with Gasteiger partial charge in [0.2, 0.25) is 5.91 Å². The van der Waals surface area contributed by atoms with Gasteiger partial charge in [0.15, 0.2) is 0 Å². The molecule has 8 nitrogen and oxygen atoms in total. The number of amides is 2. The van der Waals surface area contributed by atoms with Gasteiger partial charge in [-0.05, 0) is 76.2 Å². The molecule has 9 heteroatoms. The van der Waals surface area contributed by atoms with Crippen LogP contribution in [-0.2, 0) is 14.8 Å². The Labute approximate surface area is 212 Å². The fourth-order valence-corrected chi connectivity index (χ4v) is 4.84. The molecule has 3 rings (SSSR count). The number of sulfonamides is 1. The Morgan fingerprint density at radius 2 is 1.53 bits per heavy atom. The van der Waals surface area contributed by atoms with E-state index in [0.717, 1.165) is 9.87 Å². The Hall–Kier alpha value is -3.85. The largest absolute Gasteiger partial charge is 0.497 e. The molecule has 190 valence electrons. The molecule has 0 bridgehead atoms. The first-order valence-corrected chi connectivity index (χ1v) is 12.8. The summed E-state index contributed by atoms with van der Waals surface area (Å²) in [6.45, 7) is 6.96. The van der Waals surface area contributed by atoms with Crippen LogP contribution in [-0.4, -0.2) is 39.4 Å². The van der Waals surface area contributed by atoms with E-state index >= 15 is 0 Å². The number of nitrogens with zero attached hydrogens (tertiary/aromatic N) is 1. The number of para-hydroxylation sites is 1. The van der Waals surface area contributed by atoms with E-state index in [0.29, 0.717) is 11.4 Å². The Morgan fingerprint density at radius 3 is 2.11 bits per heavy atom. The maximum absolute atomic E-state index is 13.6. The van der Waals surface area contributed by atoms with Crippen LogP contribution in [0.1, 0.15) is 36.7 Å². The van der Waals surface area contributed by atoms with Crippen molar-refractivity contribution in [3.05, 3.63) is 83.9 Å². The van der Waals surface area contributed by atoms with E-state index in [9.17, 15) is 18.0 Å². The van der Waals surface area contributed by atoms with Crippen molar-refractivity contribution in [1.82, 2.24) is 5.32 Å². The summed E-state index contributed by atoms with van der Waals surface area (Å²) in [6, 6.07) is 19.4. The molecule has 0 saturated heterocycles. The van der Waals surface area contributed by atoms with Crippen LogP contribution in [0.15, 0.2) is 77.7 Å². The third kappa shape index (κ3) is 6.63. The number of anilines is 2. The summed E-state index contributed by atoms with van der Waals surface area (Å²) >= 11 is 0. The first-order valence-electron chi connectivity index (χ1n) is 11.4. The summed E-state index contributed by atoms with van der Waals surface area (Å²) < 4.78 is 33.3. The molecule has 0 fully saturated rings. The standard InChI is InChI=1S/C27H31N3O5S/c1-19-10-12-20(13-11-19)30(36(33,34)22-16-14-21(35-5)15-17-22)18-25(31)28-24-9-7-6-8-23(24)26(32)29-27(2,3)4/h6-17H,18H2,1-5H3,(H,28,31)(H,29,32). The van der Waals surface area contributed by atoms with E-state index in [1.165, 1.54) is 19.2 Å². The zero-order chi connectivity index (χ0) is 26.5. The zero-order valence-electron chi connectivity index (χ0n) is 21.0. The molecule has 3 aromatic rings. The molecule has 0 spiro atoms. The number of benzene rings is 3. The van der Waals surface area contributed by atoms with Crippen LogP contribution < -0.4 is 19.7 Å². The van der Waals surface area contributed by atoms with Gasteiger partial charge in [0, 0.05) is 5.54 Å². The quantitative estimate of drug-likeness (QED) is 0.469. The van der Waals surface area contributed by atoms with Crippen molar-refractivity contribution < 1.29 is 22.7 Å². The second-order valence-electron chi connectivity index (χ2n) is 9.32. The van der Waals surface area contributed by atoms with Crippen molar-refractivity contribution in [1.29, 1.82) is 0 Å². The van der Waals surface area contributed by atoms with Crippen molar-refractivity contribution in [2.75, 3.05) is 23.3 Å². The molecule has 0 aliphatic rings. The van der Waals surface area contributed by atoms with Crippen LogP contribution in [0, 0.1) is 6.92 Å². The third-order valence-corrected chi connectivity index (χ3v) is 6.98. The highest BCUT2D eigenvalue weighted by Crippen LogP contribution is 2.26. The smallest absolute Gasteiger partial charge is 0.264 e. The van der Waals surface area contributed by atoms with Crippen LogP contribution in [0.5, 0.6) is 5.75 Å². The third-order valence-electron chi connectivity index (χ3n) is 5.19. The molecular formula is C27H31N3O5S. The minimum atomic E-state index is -4.09. The Balaban J connectivity index is 1.92. The normalized spacial score (nSPS) is 11.5. The number of methoxy groups -OCH3 is 1. The Morgan fingerprint density at radius 1 is 0.917 bits per heavy atom. The summed E-state index contributed by atoms with van der Waals surface area (Å²) in [7, 11) is -2.60. The van der Waals surface area contributed by atoms with Crippen LogP contribution in [0.4, 0.5) is 11.4 Å². The molecule has 3 aromatic carbocycles. The van der Waals surface area contributed by atoms with Gasteiger partial charge in [-0.25, -0.2) is 8.42 Å². The van der Waals surface area contributed by atoms with Gasteiger partial charge in [0.1, 0.15) is 12.3 Å². The molecule has 36 heavy (non-hydrogen) atoms. The summed E-state index contributed by atoms with van der Waals surface area (Å²) in [5.41, 5.74) is 1.38. The van der Waals surface area contributed by atoms with Crippen LogP contribution in [0.25, 0.3) is 0 Å². The van der Waals surface area contributed by atoms with Gasteiger partial charge in [-0.1, -0.05) is 29.8 Å². The number of carbonyl (C=O) groups excluding carboxylic acids is 2. The fraction of sp³-hybridized carbons (Fsp3) is 0.259. The van der Waals surface area contributed by atoms with Gasteiger partial charge in [0.05, 0.1) is 28.9 Å². The lowest BCUT2D eigenvalue weighted by molar-refractivity contribution is -0.114. The van der Waals surface area contributed by atoms with Crippen LogP contribution >= 0.6 is 0 Å². The predicted octanol–water partition coefficient (Wildman–Crippen LogP) is 4.37. The van der Waals surface area contributed by atoms with Gasteiger partial charge in [-0.3, -0.25) is 13.9 Å². The highest BCUT2D eigenvalue weighted by atomic mass is 32.2. The second-order valence-corrected chi connectivity index (χ2v) is 11.2. The minimum absolute atomic E-state index is 0.0154. The van der Waals surface area contributed by atoms with E-state index in [4.69, 9.17) is 4.74 Å². The van der Waals surface area contributed by atoms with Crippen molar-refractivity contribution in [2.45, 2.75) is 38.1 Å². The monoisotopic (exact) mass is 509 g/mol. The highest BCUT2D eigenvalue weighted by molar-refractivity contribution is 7.92. The van der Waals surface area contributed by atoms with E-state index in [-0.39, 0.29) is 22.1 Å². The van der Waals surface area contributed by atoms with Crippen molar-refractivity contribution >= 4 is 33.2 Å². The first-order chi connectivity index (χ1) is 16.9. The topological polar surface area (TPSA) is 105 Å². The second kappa shape index (κ2) is 10.8. The number of hydrogen-bond acceptors (Lipinski definition) is 5. The molecule has 0 heterocycles. The van der Waals surface area contributed by atoms with Gasteiger partial charge < -0.3 is 15.4 Å².